The molecular weight excluding hydrogens is 346 g/mol. The summed E-state index contributed by atoms with van der Waals surface area (Å²) in [4.78, 5) is 14.0. The van der Waals surface area contributed by atoms with Gasteiger partial charge in [0.05, 0.1) is 6.54 Å². The van der Waals surface area contributed by atoms with Gasteiger partial charge >= 0.3 is 0 Å². The second-order valence-electron chi connectivity index (χ2n) is 5.30. The Labute approximate surface area is 146 Å². The largest absolute Gasteiger partial charge is 0.373 e. The lowest BCUT2D eigenvalue weighted by Crippen LogP contribution is -2.40. The molecule has 0 bridgehead atoms. The lowest BCUT2D eigenvalue weighted by molar-refractivity contribution is -0.121. The molecule has 8 heteroatoms. The normalized spacial score (nSPS) is 11.5. The van der Waals surface area contributed by atoms with Gasteiger partial charge in [-0.15, -0.1) is 11.3 Å². The van der Waals surface area contributed by atoms with Gasteiger partial charge in [-0.05, 0) is 23.6 Å². The molecule has 0 radical (unpaired) electrons. The third-order valence-electron chi connectivity index (χ3n) is 3.49. The van der Waals surface area contributed by atoms with Crippen LogP contribution in [0.5, 0.6) is 0 Å². The number of nitrogens with one attached hydrogen (secondary N) is 1. The molecule has 0 unspecified atom stereocenters. The molecule has 24 heavy (non-hydrogen) atoms. The van der Waals surface area contributed by atoms with Gasteiger partial charge in [-0.25, -0.2) is 8.42 Å². The number of hydrogen-bond donors (Lipinski definition) is 1. The van der Waals surface area contributed by atoms with E-state index in [9.17, 15) is 13.2 Å². The number of hydrogen-bond acceptors (Lipinski definition) is 5. The summed E-state index contributed by atoms with van der Waals surface area (Å²) in [5.41, 5.74) is 1.06. The summed E-state index contributed by atoms with van der Waals surface area (Å²) in [6.07, 6.45) is 0. The topological polar surface area (TPSA) is 69.7 Å². The van der Waals surface area contributed by atoms with Gasteiger partial charge in [0.2, 0.25) is 5.91 Å². The lowest BCUT2D eigenvalue weighted by Gasteiger charge is -2.20. The second-order valence-corrected chi connectivity index (χ2v) is 8.52. The van der Waals surface area contributed by atoms with Crippen molar-refractivity contribution in [3.05, 3.63) is 47.8 Å². The molecule has 1 heterocycles. The molecule has 1 aromatic heterocycles. The molecule has 0 saturated heterocycles. The lowest BCUT2D eigenvalue weighted by atomic mass is 10.3. The highest BCUT2D eigenvalue weighted by atomic mass is 32.2. The summed E-state index contributed by atoms with van der Waals surface area (Å²) in [5, 5.41) is 4.44. The van der Waals surface area contributed by atoms with E-state index in [0.29, 0.717) is 13.1 Å². The minimum atomic E-state index is -3.59. The summed E-state index contributed by atoms with van der Waals surface area (Å²) in [5.74, 6) is -0.320. The van der Waals surface area contributed by atoms with Crippen molar-refractivity contribution in [3.63, 3.8) is 0 Å². The maximum absolute atomic E-state index is 12.2. The van der Waals surface area contributed by atoms with E-state index >= 15 is 0 Å². The zero-order valence-corrected chi connectivity index (χ0v) is 15.3. The van der Waals surface area contributed by atoms with Gasteiger partial charge in [-0.2, -0.15) is 4.31 Å². The van der Waals surface area contributed by atoms with Crippen molar-refractivity contribution in [1.82, 2.24) is 9.62 Å². The van der Waals surface area contributed by atoms with Gasteiger partial charge in [0, 0.05) is 32.9 Å². The number of anilines is 1. The molecule has 130 valence electrons. The molecule has 1 aromatic carbocycles. The minimum Gasteiger partial charge on any atom is -0.373 e. The number of para-hydroxylation sites is 1. The number of rotatable bonds is 8. The smallest absolute Gasteiger partial charge is 0.252 e. The summed E-state index contributed by atoms with van der Waals surface area (Å²) in [6.45, 7) is 0.879. The van der Waals surface area contributed by atoms with Crippen LogP contribution >= 0.6 is 11.3 Å². The number of carbonyl (C=O) groups is 1. The fraction of sp³-hybridized carbons (Fsp3) is 0.312. The predicted octanol–water partition coefficient (Wildman–Crippen LogP) is 1.62. The van der Waals surface area contributed by atoms with Crippen molar-refractivity contribution < 1.29 is 13.2 Å². The highest BCUT2D eigenvalue weighted by molar-refractivity contribution is 7.91. The van der Waals surface area contributed by atoms with Crippen LogP contribution in [-0.2, 0) is 14.8 Å². The highest BCUT2D eigenvalue weighted by Gasteiger charge is 2.23. The van der Waals surface area contributed by atoms with E-state index in [4.69, 9.17) is 0 Å². The van der Waals surface area contributed by atoms with Crippen LogP contribution in [0.3, 0.4) is 0 Å². The predicted molar refractivity (Wildman–Crippen MR) is 96.9 cm³/mol. The summed E-state index contributed by atoms with van der Waals surface area (Å²) >= 11 is 1.14. The Balaban J connectivity index is 1.79. The van der Waals surface area contributed by atoms with E-state index in [2.05, 4.69) is 5.32 Å². The van der Waals surface area contributed by atoms with E-state index in [1.807, 2.05) is 42.3 Å². The first-order chi connectivity index (χ1) is 11.4. The number of thiophene rings is 1. The number of benzene rings is 1. The van der Waals surface area contributed by atoms with Gasteiger partial charge in [0.1, 0.15) is 4.21 Å². The van der Waals surface area contributed by atoms with Gasteiger partial charge < -0.3 is 10.2 Å². The van der Waals surface area contributed by atoms with E-state index < -0.39 is 10.0 Å². The zero-order chi connectivity index (χ0) is 17.6. The Bertz CT molecular complexity index is 746. The average Bonchev–Trinajstić information content (AvgIpc) is 3.10. The maximum atomic E-state index is 12.2. The number of likely N-dealkylation sites (N-methyl/N-ethyl adjacent to an activating group) is 2. The van der Waals surface area contributed by atoms with Gasteiger partial charge in [-0.1, -0.05) is 24.3 Å². The Kier molecular flexibility index (Phi) is 6.36. The van der Waals surface area contributed by atoms with Gasteiger partial charge in [0.25, 0.3) is 10.0 Å². The SMILES string of the molecule is CN(CCNC(=O)CN(C)S(=O)(=O)c1cccs1)c1ccccc1. The van der Waals surface area contributed by atoms with Crippen molar-refractivity contribution in [1.29, 1.82) is 0 Å². The first-order valence-corrected chi connectivity index (χ1v) is 9.76. The molecule has 0 spiro atoms. The molecule has 0 aliphatic carbocycles. The van der Waals surface area contributed by atoms with Gasteiger partial charge in [0.15, 0.2) is 0 Å². The van der Waals surface area contributed by atoms with Crippen LogP contribution in [0.25, 0.3) is 0 Å². The molecule has 2 rings (SSSR count). The second kappa shape index (κ2) is 8.27. The van der Waals surface area contributed by atoms with Gasteiger partial charge in [-0.3, -0.25) is 4.79 Å². The first kappa shape index (κ1) is 18.4. The van der Waals surface area contributed by atoms with E-state index in [0.717, 1.165) is 21.3 Å². The third kappa shape index (κ3) is 4.80. The highest BCUT2D eigenvalue weighted by Crippen LogP contribution is 2.19. The molecule has 0 atom stereocenters. The van der Waals surface area contributed by atoms with Crippen LogP contribution in [0.2, 0.25) is 0 Å². The monoisotopic (exact) mass is 367 g/mol. The van der Waals surface area contributed by atoms with E-state index in [1.165, 1.54) is 13.1 Å². The fourth-order valence-corrected chi connectivity index (χ4v) is 4.41. The molecule has 0 saturated carbocycles. The van der Waals surface area contributed by atoms with Crippen molar-refractivity contribution >= 4 is 33.0 Å². The van der Waals surface area contributed by atoms with Crippen LogP contribution in [0.15, 0.2) is 52.1 Å². The molecule has 6 nitrogen and oxygen atoms in total. The summed E-state index contributed by atoms with van der Waals surface area (Å²) in [6, 6.07) is 13.0. The number of amides is 1. The summed E-state index contributed by atoms with van der Waals surface area (Å²) in [7, 11) is -0.248. The Morgan fingerprint density at radius 2 is 1.83 bits per heavy atom. The average molecular weight is 367 g/mol. The Morgan fingerprint density at radius 3 is 2.46 bits per heavy atom. The standard InChI is InChI=1S/C16H21N3O3S2/c1-18(14-7-4-3-5-8-14)11-10-17-15(20)13-19(2)24(21,22)16-9-6-12-23-16/h3-9,12H,10-11,13H2,1-2H3,(H,17,20). The first-order valence-electron chi connectivity index (χ1n) is 7.44. The molecule has 1 amide bonds. The van der Waals surface area contributed by atoms with Crippen LogP contribution in [0.4, 0.5) is 5.69 Å². The van der Waals surface area contributed by atoms with Crippen molar-refractivity contribution in [2.24, 2.45) is 0 Å². The number of sulfonamides is 1. The van der Waals surface area contributed by atoms with Crippen molar-refractivity contribution in [2.45, 2.75) is 4.21 Å². The molecule has 0 aliphatic heterocycles. The Hall–Kier alpha value is -1.90. The number of nitrogens with zero attached hydrogens (tertiary/aromatic N) is 2. The van der Waals surface area contributed by atoms with Crippen molar-refractivity contribution in [3.8, 4) is 0 Å². The minimum absolute atomic E-state index is 0.199. The molecule has 0 aliphatic rings. The van der Waals surface area contributed by atoms with Crippen LogP contribution in [0.1, 0.15) is 0 Å². The molecule has 2 aromatic rings. The summed E-state index contributed by atoms with van der Waals surface area (Å²) < 4.78 is 25.8. The fourth-order valence-electron chi connectivity index (χ4n) is 2.08. The number of carbonyl (C=O) groups excluding carboxylic acids is 1. The van der Waals surface area contributed by atoms with E-state index in [-0.39, 0.29) is 16.7 Å². The van der Waals surface area contributed by atoms with Crippen LogP contribution < -0.4 is 10.2 Å². The van der Waals surface area contributed by atoms with Crippen LogP contribution in [0, 0.1) is 0 Å². The van der Waals surface area contributed by atoms with Crippen LogP contribution in [-0.4, -0.2) is 52.4 Å². The zero-order valence-electron chi connectivity index (χ0n) is 13.7. The maximum Gasteiger partial charge on any atom is 0.252 e. The molecule has 1 N–H and O–H groups in total. The van der Waals surface area contributed by atoms with E-state index in [1.54, 1.807) is 11.4 Å². The molecule has 0 fully saturated rings. The molecular formula is C16H21N3O3S2. The van der Waals surface area contributed by atoms with Crippen molar-refractivity contribution in [2.75, 3.05) is 38.6 Å². The quantitative estimate of drug-likeness (QED) is 0.770. The third-order valence-corrected chi connectivity index (χ3v) is 6.67. The Morgan fingerprint density at radius 1 is 1.12 bits per heavy atom.